The second-order valence-corrected chi connectivity index (χ2v) is 3.23. The van der Waals surface area contributed by atoms with Crippen LogP contribution >= 0.6 is 0 Å². The Morgan fingerprint density at radius 2 is 1.91 bits per heavy atom. The van der Waals surface area contributed by atoms with Crippen LogP contribution in [-0.2, 0) is 4.79 Å². The molecule has 0 amide bonds. The molecular weight excluding hydrogens is 136 g/mol. The Hall–Kier alpha value is -0.330. The van der Waals surface area contributed by atoms with Crippen LogP contribution in [0.25, 0.3) is 0 Å². The number of carbonyl (C=O) groups is 1. The van der Waals surface area contributed by atoms with Crippen LogP contribution in [0.4, 0.5) is 0 Å². The molecule has 1 aliphatic carbocycles. The Labute approximate surface area is 71.7 Å². The average molecular weight is 158 g/mol. The van der Waals surface area contributed by atoms with Gasteiger partial charge in [-0.15, -0.1) is 0 Å². The zero-order valence-corrected chi connectivity index (χ0v) is 8.18. The Balaban J connectivity index is 0. The maximum Gasteiger partial charge on any atom is 0.132 e. The second kappa shape index (κ2) is 5.34. The van der Waals surface area contributed by atoms with Gasteiger partial charge in [0.05, 0.1) is 0 Å². The molecule has 0 bridgehead atoms. The van der Waals surface area contributed by atoms with Gasteiger partial charge < -0.3 is 0 Å². The number of rotatable bonds is 1. The highest BCUT2D eigenvalue weighted by molar-refractivity contribution is 5.78. The second-order valence-electron chi connectivity index (χ2n) is 3.23. The largest absolute Gasteiger partial charge is 0.300 e. The highest BCUT2D eigenvalue weighted by Gasteiger charge is 2.24. The van der Waals surface area contributed by atoms with E-state index in [-0.39, 0.29) is 1.43 Å². The van der Waals surface area contributed by atoms with Gasteiger partial charge in [0.25, 0.3) is 0 Å². The molecule has 0 N–H and O–H groups in total. The van der Waals surface area contributed by atoms with Crippen LogP contribution in [0.5, 0.6) is 0 Å². The summed E-state index contributed by atoms with van der Waals surface area (Å²) >= 11 is 0. The van der Waals surface area contributed by atoms with Crippen LogP contribution in [-0.4, -0.2) is 5.78 Å². The summed E-state index contributed by atoms with van der Waals surface area (Å²) in [4.78, 5) is 10.8. The Kier molecular flexibility index (Phi) is 5.18. The topological polar surface area (TPSA) is 17.1 Å². The molecule has 1 fully saturated rings. The average Bonchev–Trinajstić information content (AvgIpc) is 2.40. The van der Waals surface area contributed by atoms with Gasteiger partial charge in [-0.25, -0.2) is 0 Å². The van der Waals surface area contributed by atoms with Gasteiger partial charge in [-0.3, -0.25) is 4.79 Å². The fourth-order valence-electron chi connectivity index (χ4n) is 1.58. The van der Waals surface area contributed by atoms with Crippen LogP contribution in [0.3, 0.4) is 0 Å². The smallest absolute Gasteiger partial charge is 0.132 e. The predicted molar refractivity (Wildman–Crippen MR) is 50.6 cm³/mol. The van der Waals surface area contributed by atoms with Gasteiger partial charge in [0.2, 0.25) is 0 Å². The van der Waals surface area contributed by atoms with Crippen molar-refractivity contribution in [2.24, 2.45) is 11.8 Å². The van der Waals surface area contributed by atoms with Crippen molar-refractivity contribution in [1.29, 1.82) is 0 Å². The van der Waals surface area contributed by atoms with E-state index >= 15 is 0 Å². The maximum absolute atomic E-state index is 10.8. The van der Waals surface area contributed by atoms with E-state index in [4.69, 9.17) is 0 Å². The molecule has 0 heterocycles. The fraction of sp³-hybridized carbons (Fsp3) is 0.900. The number of carbonyl (C=O) groups excluding carboxylic acids is 1. The minimum absolute atomic E-state index is 0. The standard InChI is InChI=1S/C8H14O.C2H6.H2/c1-6-3-4-8(5-6)7(2)9;1-2;/h6,8H,3-5H2,1-2H3;1-2H3;1H. The van der Waals surface area contributed by atoms with E-state index in [1.165, 1.54) is 6.42 Å². The molecule has 68 valence electrons. The Morgan fingerprint density at radius 3 is 2.09 bits per heavy atom. The minimum atomic E-state index is 0. The number of ketones is 1. The van der Waals surface area contributed by atoms with Crippen molar-refractivity contribution in [2.75, 3.05) is 0 Å². The lowest BCUT2D eigenvalue weighted by atomic mass is 10.0. The molecule has 0 aliphatic heterocycles. The molecule has 0 aromatic carbocycles. The molecule has 0 aromatic heterocycles. The van der Waals surface area contributed by atoms with Crippen LogP contribution in [0.2, 0.25) is 0 Å². The van der Waals surface area contributed by atoms with E-state index in [2.05, 4.69) is 6.92 Å². The SMILES string of the molecule is CC.CC(=O)C1CCC(C)C1.[HH]. The zero-order chi connectivity index (χ0) is 8.85. The number of hydrogen-bond acceptors (Lipinski definition) is 1. The molecule has 1 saturated carbocycles. The Bertz CT molecular complexity index is 123. The van der Waals surface area contributed by atoms with Crippen LogP contribution in [0.1, 0.15) is 48.4 Å². The summed E-state index contributed by atoms with van der Waals surface area (Å²) in [5.74, 6) is 1.58. The molecule has 2 unspecified atom stereocenters. The van der Waals surface area contributed by atoms with Gasteiger partial charge >= 0.3 is 0 Å². The van der Waals surface area contributed by atoms with Crippen molar-refractivity contribution in [3.8, 4) is 0 Å². The van der Waals surface area contributed by atoms with Crippen molar-refractivity contribution >= 4 is 5.78 Å². The predicted octanol–water partition coefficient (Wildman–Crippen LogP) is 3.28. The first-order chi connectivity index (χ1) is 5.20. The maximum atomic E-state index is 10.8. The molecule has 1 rings (SSSR count). The molecule has 0 radical (unpaired) electrons. The van der Waals surface area contributed by atoms with Gasteiger partial charge in [0.1, 0.15) is 5.78 Å². The first-order valence-corrected chi connectivity index (χ1v) is 4.70. The summed E-state index contributed by atoms with van der Waals surface area (Å²) in [5, 5.41) is 0. The van der Waals surface area contributed by atoms with Gasteiger partial charge in [-0.1, -0.05) is 20.8 Å². The molecule has 1 heteroatoms. The third-order valence-electron chi connectivity index (χ3n) is 2.27. The van der Waals surface area contributed by atoms with E-state index in [1.54, 1.807) is 6.92 Å². The molecule has 2 atom stereocenters. The zero-order valence-electron chi connectivity index (χ0n) is 8.18. The van der Waals surface area contributed by atoms with Crippen molar-refractivity contribution in [3.63, 3.8) is 0 Å². The lowest BCUT2D eigenvalue weighted by Gasteiger charge is -2.01. The monoisotopic (exact) mass is 158 g/mol. The minimum Gasteiger partial charge on any atom is -0.300 e. The van der Waals surface area contributed by atoms with Gasteiger partial charge in [-0.05, 0) is 32.1 Å². The summed E-state index contributed by atoms with van der Waals surface area (Å²) in [6.07, 6.45) is 3.52. The summed E-state index contributed by atoms with van der Waals surface area (Å²) in [6, 6.07) is 0. The highest BCUT2D eigenvalue weighted by Crippen LogP contribution is 2.30. The summed E-state index contributed by atoms with van der Waals surface area (Å²) < 4.78 is 0. The van der Waals surface area contributed by atoms with Crippen LogP contribution in [0, 0.1) is 11.8 Å². The summed E-state index contributed by atoms with van der Waals surface area (Å²) in [7, 11) is 0. The summed E-state index contributed by atoms with van der Waals surface area (Å²) in [5.41, 5.74) is 0. The van der Waals surface area contributed by atoms with Gasteiger partial charge in [-0.2, -0.15) is 0 Å². The first-order valence-electron chi connectivity index (χ1n) is 4.70. The molecular formula is C10H22O. The van der Waals surface area contributed by atoms with Gasteiger partial charge in [0.15, 0.2) is 0 Å². The molecule has 1 nitrogen and oxygen atoms in total. The molecule has 11 heavy (non-hydrogen) atoms. The first kappa shape index (κ1) is 10.7. The molecule has 1 aliphatic rings. The van der Waals surface area contributed by atoms with E-state index in [0.717, 1.165) is 18.8 Å². The van der Waals surface area contributed by atoms with Crippen molar-refractivity contribution in [2.45, 2.75) is 47.0 Å². The summed E-state index contributed by atoms with van der Waals surface area (Å²) in [6.45, 7) is 7.94. The van der Waals surface area contributed by atoms with Crippen molar-refractivity contribution in [1.82, 2.24) is 0 Å². The third kappa shape index (κ3) is 3.54. The molecule has 0 saturated heterocycles. The fourth-order valence-corrected chi connectivity index (χ4v) is 1.58. The third-order valence-corrected chi connectivity index (χ3v) is 2.27. The van der Waals surface area contributed by atoms with Crippen LogP contribution in [0.15, 0.2) is 0 Å². The lowest BCUT2D eigenvalue weighted by Crippen LogP contribution is -2.05. The lowest BCUT2D eigenvalue weighted by molar-refractivity contribution is -0.120. The van der Waals surface area contributed by atoms with Crippen molar-refractivity contribution < 1.29 is 6.22 Å². The van der Waals surface area contributed by atoms with Crippen molar-refractivity contribution in [3.05, 3.63) is 0 Å². The molecule has 0 spiro atoms. The van der Waals surface area contributed by atoms with Gasteiger partial charge in [0, 0.05) is 7.34 Å². The van der Waals surface area contributed by atoms with E-state index in [0.29, 0.717) is 11.7 Å². The molecule has 0 aromatic rings. The quantitative estimate of drug-likeness (QED) is 0.572. The number of hydrogen-bond donors (Lipinski definition) is 0. The van der Waals surface area contributed by atoms with E-state index < -0.39 is 0 Å². The highest BCUT2D eigenvalue weighted by atomic mass is 16.1. The Morgan fingerprint density at radius 1 is 1.36 bits per heavy atom. The van der Waals surface area contributed by atoms with Crippen LogP contribution < -0.4 is 0 Å². The number of Topliss-reactive ketones (excluding diaryl/α,β-unsaturated/α-hetero) is 1. The van der Waals surface area contributed by atoms with E-state index in [9.17, 15) is 4.79 Å². The normalized spacial score (nSPS) is 29.1. The van der Waals surface area contributed by atoms with E-state index in [1.807, 2.05) is 13.8 Å².